The molecule has 1 saturated heterocycles. The zero-order valence-corrected chi connectivity index (χ0v) is 13.0. The van der Waals surface area contributed by atoms with Gasteiger partial charge in [-0.05, 0) is 32.4 Å². The molecule has 3 heterocycles. The molecule has 6 heteroatoms. The third-order valence-corrected chi connectivity index (χ3v) is 4.07. The fraction of sp³-hybridized carbons (Fsp3) is 0.500. The highest BCUT2D eigenvalue weighted by Gasteiger charge is 2.30. The molecule has 0 spiro atoms. The highest BCUT2D eigenvalue weighted by Crippen LogP contribution is 2.24. The quantitative estimate of drug-likeness (QED) is 0.885. The normalized spacial score (nSPS) is 21.8. The molecule has 0 unspecified atom stereocenters. The summed E-state index contributed by atoms with van der Waals surface area (Å²) in [7, 11) is 0. The van der Waals surface area contributed by atoms with Crippen LogP contribution in [0.1, 0.15) is 42.9 Å². The minimum absolute atomic E-state index is 0.0439. The number of hydrogen-bond donors (Lipinski definition) is 2. The summed E-state index contributed by atoms with van der Waals surface area (Å²) in [6.07, 6.45) is 5.20. The van der Waals surface area contributed by atoms with E-state index in [1.807, 2.05) is 43.1 Å². The topological polar surface area (TPSA) is 72.1 Å². The maximum atomic E-state index is 11.8. The molecule has 2 atom stereocenters. The van der Waals surface area contributed by atoms with E-state index in [2.05, 4.69) is 15.7 Å². The van der Waals surface area contributed by atoms with Gasteiger partial charge in [0.1, 0.15) is 11.5 Å². The Morgan fingerprint density at radius 2 is 2.36 bits per heavy atom. The van der Waals surface area contributed by atoms with Gasteiger partial charge in [0, 0.05) is 30.8 Å². The molecule has 1 amide bonds. The molecule has 2 aromatic rings. The standard InChI is InChI=1S/C16H22N4O2/c1-3-20-10-12(8-18-20)16-14(6-7-15(21)19-16)17-9-13-5-4-11(2)22-13/h4-5,8,10,14,16-17H,3,6-7,9H2,1-2H3,(H,19,21)/t14-,16+/m1/s1. The number of hydrogen-bond acceptors (Lipinski definition) is 4. The van der Waals surface area contributed by atoms with Gasteiger partial charge >= 0.3 is 0 Å². The van der Waals surface area contributed by atoms with Crippen LogP contribution >= 0.6 is 0 Å². The highest BCUT2D eigenvalue weighted by atomic mass is 16.3. The SMILES string of the molecule is CCn1cc([C@@H]2NC(=O)CC[C@H]2NCc2ccc(C)o2)cn1. The number of furan rings is 1. The molecular weight excluding hydrogens is 280 g/mol. The van der Waals surface area contributed by atoms with Crippen LogP contribution in [0.4, 0.5) is 0 Å². The van der Waals surface area contributed by atoms with Crippen molar-refractivity contribution >= 4 is 5.91 Å². The molecule has 22 heavy (non-hydrogen) atoms. The number of aromatic nitrogens is 2. The van der Waals surface area contributed by atoms with E-state index in [1.165, 1.54) is 0 Å². The molecule has 1 aliphatic rings. The predicted octanol–water partition coefficient (Wildman–Crippen LogP) is 1.91. The van der Waals surface area contributed by atoms with Crippen molar-refractivity contribution in [2.45, 2.75) is 51.9 Å². The summed E-state index contributed by atoms with van der Waals surface area (Å²) in [6, 6.07) is 4.08. The minimum Gasteiger partial charge on any atom is -0.465 e. The van der Waals surface area contributed by atoms with Crippen LogP contribution in [-0.4, -0.2) is 21.7 Å². The maximum absolute atomic E-state index is 11.8. The molecule has 118 valence electrons. The maximum Gasteiger partial charge on any atom is 0.220 e. The number of carbonyl (C=O) groups excluding carboxylic acids is 1. The largest absolute Gasteiger partial charge is 0.465 e. The summed E-state index contributed by atoms with van der Waals surface area (Å²) in [4.78, 5) is 11.8. The van der Waals surface area contributed by atoms with Gasteiger partial charge in [-0.15, -0.1) is 0 Å². The van der Waals surface area contributed by atoms with Crippen molar-refractivity contribution in [2.24, 2.45) is 0 Å². The summed E-state index contributed by atoms with van der Waals surface area (Å²) in [5, 5.41) is 10.9. The fourth-order valence-corrected chi connectivity index (χ4v) is 2.86. The van der Waals surface area contributed by atoms with Gasteiger partial charge in [0.25, 0.3) is 0 Å². The summed E-state index contributed by atoms with van der Waals surface area (Å²) in [5.41, 5.74) is 1.04. The van der Waals surface area contributed by atoms with Crippen molar-refractivity contribution in [1.29, 1.82) is 0 Å². The smallest absolute Gasteiger partial charge is 0.220 e. The Morgan fingerprint density at radius 1 is 1.50 bits per heavy atom. The van der Waals surface area contributed by atoms with E-state index in [4.69, 9.17) is 4.42 Å². The molecule has 3 rings (SSSR count). The van der Waals surface area contributed by atoms with E-state index in [-0.39, 0.29) is 18.0 Å². The first-order valence-electron chi connectivity index (χ1n) is 7.76. The first-order chi connectivity index (χ1) is 10.7. The Kier molecular flexibility index (Phi) is 4.29. The zero-order valence-electron chi connectivity index (χ0n) is 13.0. The average Bonchev–Trinajstić information content (AvgIpc) is 3.14. The Labute approximate surface area is 129 Å². The molecule has 1 aliphatic heterocycles. The van der Waals surface area contributed by atoms with Crippen LogP contribution in [0.25, 0.3) is 0 Å². The second-order valence-electron chi connectivity index (χ2n) is 5.71. The lowest BCUT2D eigenvalue weighted by Gasteiger charge is -2.32. The van der Waals surface area contributed by atoms with Crippen molar-refractivity contribution in [2.75, 3.05) is 0 Å². The van der Waals surface area contributed by atoms with E-state index >= 15 is 0 Å². The van der Waals surface area contributed by atoms with Gasteiger partial charge < -0.3 is 15.1 Å². The number of nitrogens with zero attached hydrogens (tertiary/aromatic N) is 2. The van der Waals surface area contributed by atoms with Crippen LogP contribution in [0.5, 0.6) is 0 Å². The number of carbonyl (C=O) groups is 1. The van der Waals surface area contributed by atoms with Gasteiger partial charge in [-0.3, -0.25) is 9.48 Å². The zero-order chi connectivity index (χ0) is 15.5. The van der Waals surface area contributed by atoms with E-state index in [9.17, 15) is 4.79 Å². The molecule has 0 aromatic carbocycles. The minimum atomic E-state index is -0.0439. The number of piperidine rings is 1. The predicted molar refractivity (Wildman–Crippen MR) is 82.1 cm³/mol. The van der Waals surface area contributed by atoms with Gasteiger partial charge in [-0.2, -0.15) is 5.10 Å². The van der Waals surface area contributed by atoms with Gasteiger partial charge in [0.05, 0.1) is 18.8 Å². The van der Waals surface area contributed by atoms with Gasteiger partial charge in [0.2, 0.25) is 5.91 Å². The Bertz CT molecular complexity index is 646. The lowest BCUT2D eigenvalue weighted by molar-refractivity contribution is -0.123. The molecule has 0 bridgehead atoms. The molecule has 6 nitrogen and oxygen atoms in total. The van der Waals surface area contributed by atoms with E-state index in [0.29, 0.717) is 13.0 Å². The first kappa shape index (κ1) is 14.8. The van der Waals surface area contributed by atoms with Crippen LogP contribution < -0.4 is 10.6 Å². The number of nitrogens with one attached hydrogen (secondary N) is 2. The Hall–Kier alpha value is -2.08. The summed E-state index contributed by atoms with van der Waals surface area (Å²) < 4.78 is 7.47. The molecule has 2 aromatic heterocycles. The summed E-state index contributed by atoms with van der Waals surface area (Å²) in [6.45, 7) is 5.47. The molecule has 1 fully saturated rings. The summed E-state index contributed by atoms with van der Waals surface area (Å²) in [5.74, 6) is 1.92. The molecule has 2 N–H and O–H groups in total. The molecule has 0 saturated carbocycles. The first-order valence-corrected chi connectivity index (χ1v) is 7.76. The van der Waals surface area contributed by atoms with Crippen molar-refractivity contribution in [1.82, 2.24) is 20.4 Å². The van der Waals surface area contributed by atoms with Crippen molar-refractivity contribution in [3.63, 3.8) is 0 Å². The lowest BCUT2D eigenvalue weighted by atomic mass is 9.93. The van der Waals surface area contributed by atoms with Crippen LogP contribution in [0.2, 0.25) is 0 Å². The average molecular weight is 302 g/mol. The molecule has 0 radical (unpaired) electrons. The van der Waals surface area contributed by atoms with Crippen LogP contribution in [0.15, 0.2) is 28.9 Å². The van der Waals surface area contributed by atoms with Crippen LogP contribution in [0, 0.1) is 6.92 Å². The van der Waals surface area contributed by atoms with Crippen molar-refractivity contribution in [3.05, 3.63) is 41.6 Å². The van der Waals surface area contributed by atoms with Gasteiger partial charge in [0.15, 0.2) is 0 Å². The Morgan fingerprint density at radius 3 is 3.05 bits per heavy atom. The molecular formula is C16H22N4O2. The highest BCUT2D eigenvalue weighted by molar-refractivity contribution is 5.77. The van der Waals surface area contributed by atoms with Crippen molar-refractivity contribution in [3.8, 4) is 0 Å². The van der Waals surface area contributed by atoms with Gasteiger partial charge in [-0.25, -0.2) is 0 Å². The van der Waals surface area contributed by atoms with E-state index in [1.54, 1.807) is 0 Å². The van der Waals surface area contributed by atoms with Crippen LogP contribution in [-0.2, 0) is 17.9 Å². The number of aryl methyl sites for hydroxylation is 2. The third-order valence-electron chi connectivity index (χ3n) is 4.07. The Balaban J connectivity index is 1.70. The number of rotatable bonds is 5. The molecule has 0 aliphatic carbocycles. The number of amides is 1. The lowest BCUT2D eigenvalue weighted by Crippen LogP contribution is -2.48. The second-order valence-corrected chi connectivity index (χ2v) is 5.71. The second kappa shape index (κ2) is 6.36. The van der Waals surface area contributed by atoms with E-state index < -0.39 is 0 Å². The van der Waals surface area contributed by atoms with Gasteiger partial charge in [-0.1, -0.05) is 0 Å². The third kappa shape index (κ3) is 3.22. The monoisotopic (exact) mass is 302 g/mol. The van der Waals surface area contributed by atoms with E-state index in [0.717, 1.165) is 30.0 Å². The fourth-order valence-electron chi connectivity index (χ4n) is 2.86. The van der Waals surface area contributed by atoms with Crippen LogP contribution in [0.3, 0.4) is 0 Å². The van der Waals surface area contributed by atoms with Crippen molar-refractivity contribution < 1.29 is 9.21 Å². The summed E-state index contributed by atoms with van der Waals surface area (Å²) >= 11 is 0.